The van der Waals surface area contributed by atoms with Crippen molar-refractivity contribution in [3.8, 4) is 11.5 Å². The third-order valence-corrected chi connectivity index (χ3v) is 4.54. The molecule has 0 unspecified atom stereocenters. The van der Waals surface area contributed by atoms with Gasteiger partial charge in [0.2, 0.25) is 0 Å². The molecule has 2 aromatic carbocycles. The SMILES string of the molecule is COc1cc([N+](=O)[O-])cc(C=C2C(=O)NC(=S)N(c3ccc(Cl)cc3)C2=O)c1O. The van der Waals surface area contributed by atoms with Crippen LogP contribution in [-0.2, 0) is 9.59 Å². The van der Waals surface area contributed by atoms with Gasteiger partial charge in [-0.25, -0.2) is 0 Å². The number of phenols is 1. The van der Waals surface area contributed by atoms with Crippen LogP contribution in [0.3, 0.4) is 0 Å². The number of nitrogens with zero attached hydrogens (tertiary/aromatic N) is 2. The van der Waals surface area contributed by atoms with Crippen LogP contribution in [0.4, 0.5) is 11.4 Å². The largest absolute Gasteiger partial charge is 0.504 e. The second kappa shape index (κ2) is 7.86. The molecule has 1 heterocycles. The molecule has 0 aromatic heterocycles. The molecule has 1 saturated heterocycles. The van der Waals surface area contributed by atoms with E-state index in [4.69, 9.17) is 28.6 Å². The lowest BCUT2D eigenvalue weighted by molar-refractivity contribution is -0.385. The molecule has 2 amide bonds. The standard InChI is InChI=1S/C18H12ClN3O6S/c1-28-14-8-12(22(26)27)6-9(15(14)23)7-13-16(24)20-18(29)21(17(13)25)11-4-2-10(19)3-5-11/h2-8,23H,1H3,(H,20,24,29). The molecule has 1 fully saturated rings. The molecular formula is C18H12ClN3O6S. The molecule has 0 radical (unpaired) electrons. The summed E-state index contributed by atoms with van der Waals surface area (Å²) in [5.41, 5.74) is -0.554. The van der Waals surface area contributed by atoms with Crippen molar-refractivity contribution < 1.29 is 24.4 Å². The summed E-state index contributed by atoms with van der Waals surface area (Å²) in [5.74, 6) is -2.22. The van der Waals surface area contributed by atoms with Gasteiger partial charge in [-0.1, -0.05) is 11.6 Å². The fourth-order valence-corrected chi connectivity index (χ4v) is 3.03. The van der Waals surface area contributed by atoms with E-state index in [1.807, 2.05) is 0 Å². The Balaban J connectivity index is 2.11. The number of non-ortho nitro benzene ring substituents is 1. The predicted octanol–water partition coefficient (Wildman–Crippen LogP) is 2.79. The number of hydrogen-bond acceptors (Lipinski definition) is 7. The number of ether oxygens (including phenoxy) is 1. The maximum absolute atomic E-state index is 13.0. The number of halogens is 1. The number of nitrogens with one attached hydrogen (secondary N) is 1. The predicted molar refractivity (Wildman–Crippen MR) is 109 cm³/mol. The van der Waals surface area contributed by atoms with Crippen LogP contribution >= 0.6 is 23.8 Å². The number of aromatic hydroxyl groups is 1. The number of benzene rings is 2. The average Bonchev–Trinajstić information content (AvgIpc) is 2.67. The monoisotopic (exact) mass is 433 g/mol. The number of nitro benzene ring substituents is 1. The van der Waals surface area contributed by atoms with E-state index in [1.54, 1.807) is 12.1 Å². The average molecular weight is 434 g/mol. The Morgan fingerprint density at radius 3 is 2.52 bits per heavy atom. The fourth-order valence-electron chi connectivity index (χ4n) is 2.62. The zero-order chi connectivity index (χ0) is 21.3. The number of methoxy groups -OCH3 is 1. The van der Waals surface area contributed by atoms with Crippen LogP contribution in [0.1, 0.15) is 5.56 Å². The Bertz CT molecular complexity index is 1080. The first-order valence-electron chi connectivity index (χ1n) is 7.95. The highest BCUT2D eigenvalue weighted by Crippen LogP contribution is 2.36. The Morgan fingerprint density at radius 2 is 1.93 bits per heavy atom. The van der Waals surface area contributed by atoms with Gasteiger partial charge in [0.05, 0.1) is 23.8 Å². The fraction of sp³-hybridized carbons (Fsp3) is 0.0556. The van der Waals surface area contributed by atoms with Gasteiger partial charge >= 0.3 is 0 Å². The van der Waals surface area contributed by atoms with Crippen LogP contribution in [0.15, 0.2) is 42.0 Å². The number of hydrogen-bond donors (Lipinski definition) is 2. The summed E-state index contributed by atoms with van der Waals surface area (Å²) in [4.78, 5) is 36.8. The number of thiocarbonyl (C=S) groups is 1. The number of phenolic OH excluding ortho intramolecular Hbond substituents is 1. The Morgan fingerprint density at radius 1 is 1.28 bits per heavy atom. The van der Waals surface area contributed by atoms with Crippen LogP contribution in [0.25, 0.3) is 6.08 Å². The van der Waals surface area contributed by atoms with Crippen molar-refractivity contribution in [2.45, 2.75) is 0 Å². The van der Waals surface area contributed by atoms with Gasteiger partial charge < -0.3 is 9.84 Å². The highest BCUT2D eigenvalue weighted by atomic mass is 35.5. The number of carbonyl (C=O) groups excluding carboxylic acids is 2. The number of anilines is 1. The van der Waals surface area contributed by atoms with Gasteiger partial charge in [0.1, 0.15) is 5.57 Å². The molecule has 29 heavy (non-hydrogen) atoms. The summed E-state index contributed by atoms with van der Waals surface area (Å²) in [7, 11) is 1.22. The molecule has 148 valence electrons. The first-order chi connectivity index (χ1) is 13.7. The van der Waals surface area contributed by atoms with E-state index in [0.29, 0.717) is 10.7 Å². The van der Waals surface area contributed by atoms with Gasteiger partial charge in [-0.2, -0.15) is 0 Å². The first-order valence-corrected chi connectivity index (χ1v) is 8.74. The number of amides is 2. The molecule has 0 aliphatic carbocycles. The minimum absolute atomic E-state index is 0.139. The highest BCUT2D eigenvalue weighted by Gasteiger charge is 2.35. The number of rotatable bonds is 4. The van der Waals surface area contributed by atoms with Crippen LogP contribution in [0, 0.1) is 10.1 Å². The van der Waals surface area contributed by atoms with Crippen LogP contribution in [0.2, 0.25) is 5.02 Å². The third-order valence-electron chi connectivity index (χ3n) is 4.01. The van der Waals surface area contributed by atoms with Gasteiger partial charge in [-0.3, -0.25) is 29.9 Å². The lowest BCUT2D eigenvalue weighted by atomic mass is 10.0. The summed E-state index contributed by atoms with van der Waals surface area (Å²) >= 11 is 10.9. The molecule has 11 heteroatoms. The molecule has 0 bridgehead atoms. The van der Waals surface area contributed by atoms with Crippen molar-refractivity contribution in [2.75, 3.05) is 12.0 Å². The summed E-state index contributed by atoms with van der Waals surface area (Å²) in [6.07, 6.45) is 1.03. The molecule has 0 saturated carbocycles. The van der Waals surface area contributed by atoms with Gasteiger partial charge in [-0.05, 0) is 42.6 Å². The minimum atomic E-state index is -0.810. The number of carbonyl (C=O) groups is 2. The van der Waals surface area contributed by atoms with Gasteiger partial charge in [0.15, 0.2) is 16.6 Å². The van der Waals surface area contributed by atoms with Crippen molar-refractivity contribution in [1.29, 1.82) is 0 Å². The van der Waals surface area contributed by atoms with E-state index >= 15 is 0 Å². The summed E-state index contributed by atoms with van der Waals surface area (Å²) < 4.78 is 4.93. The second-order valence-corrected chi connectivity index (χ2v) is 6.60. The maximum atomic E-state index is 13.0. The molecule has 1 aliphatic heterocycles. The minimum Gasteiger partial charge on any atom is -0.504 e. The van der Waals surface area contributed by atoms with Crippen molar-refractivity contribution in [1.82, 2.24) is 5.32 Å². The van der Waals surface area contributed by atoms with Crippen molar-refractivity contribution in [2.24, 2.45) is 0 Å². The summed E-state index contributed by atoms with van der Waals surface area (Å²) in [5, 5.41) is 24.1. The van der Waals surface area contributed by atoms with E-state index in [2.05, 4.69) is 5.32 Å². The highest BCUT2D eigenvalue weighted by molar-refractivity contribution is 7.80. The topological polar surface area (TPSA) is 122 Å². The quantitative estimate of drug-likeness (QED) is 0.250. The molecule has 2 N–H and O–H groups in total. The Hall–Kier alpha value is -3.50. The zero-order valence-electron chi connectivity index (χ0n) is 14.7. The van der Waals surface area contributed by atoms with Gasteiger partial charge in [0, 0.05) is 16.7 Å². The Kier molecular flexibility index (Phi) is 5.48. The second-order valence-electron chi connectivity index (χ2n) is 5.78. The van der Waals surface area contributed by atoms with Crippen molar-refractivity contribution in [3.63, 3.8) is 0 Å². The molecule has 1 aliphatic rings. The van der Waals surface area contributed by atoms with Crippen LogP contribution in [-0.4, -0.2) is 34.1 Å². The summed E-state index contributed by atoms with van der Waals surface area (Å²) in [6.45, 7) is 0. The summed E-state index contributed by atoms with van der Waals surface area (Å²) in [6, 6.07) is 8.21. The van der Waals surface area contributed by atoms with Crippen molar-refractivity contribution >= 4 is 58.2 Å². The van der Waals surface area contributed by atoms with E-state index in [9.17, 15) is 24.8 Å². The lowest BCUT2D eigenvalue weighted by Crippen LogP contribution is -2.54. The molecule has 0 atom stereocenters. The van der Waals surface area contributed by atoms with Gasteiger partial charge in [0.25, 0.3) is 17.5 Å². The van der Waals surface area contributed by atoms with E-state index < -0.39 is 22.5 Å². The molecule has 0 spiro atoms. The molecule has 9 nitrogen and oxygen atoms in total. The maximum Gasteiger partial charge on any atom is 0.274 e. The van der Waals surface area contributed by atoms with Crippen molar-refractivity contribution in [3.05, 3.63) is 62.7 Å². The molecular weight excluding hydrogens is 422 g/mol. The van der Waals surface area contributed by atoms with Crippen LogP contribution < -0.4 is 15.0 Å². The zero-order valence-corrected chi connectivity index (χ0v) is 16.3. The smallest absolute Gasteiger partial charge is 0.274 e. The van der Waals surface area contributed by atoms with E-state index in [1.165, 1.54) is 19.2 Å². The molecule has 2 aromatic rings. The lowest BCUT2D eigenvalue weighted by Gasteiger charge is -2.29. The normalized spacial score (nSPS) is 15.4. The van der Waals surface area contributed by atoms with E-state index in [0.717, 1.165) is 23.1 Å². The molecule has 3 rings (SSSR count). The van der Waals surface area contributed by atoms with Gasteiger partial charge in [-0.15, -0.1) is 0 Å². The third kappa shape index (κ3) is 3.89. The Labute approximate surface area is 174 Å². The van der Waals surface area contributed by atoms with Crippen LogP contribution in [0.5, 0.6) is 11.5 Å². The first kappa shape index (κ1) is 20.2. The van der Waals surface area contributed by atoms with E-state index in [-0.39, 0.29) is 27.7 Å². The number of nitro groups is 1.